The number of para-hydroxylation sites is 1. The number of hydrogen-bond acceptors (Lipinski definition) is 2. The predicted molar refractivity (Wildman–Crippen MR) is 101 cm³/mol. The number of rotatable bonds is 6. The third-order valence-corrected chi connectivity index (χ3v) is 5.09. The zero-order chi connectivity index (χ0) is 16.8. The van der Waals surface area contributed by atoms with Crippen molar-refractivity contribution >= 4 is 34.2 Å². The van der Waals surface area contributed by atoms with Crippen molar-refractivity contribution in [3.05, 3.63) is 63.0 Å². The lowest BCUT2D eigenvalue weighted by Crippen LogP contribution is -2.29. The van der Waals surface area contributed by atoms with E-state index < -0.39 is 0 Å². The minimum atomic E-state index is -0.228. The molecule has 3 nitrogen and oxygen atoms in total. The average molecular weight is 426 g/mol. The van der Waals surface area contributed by atoms with Gasteiger partial charge in [0.15, 0.2) is 0 Å². The smallest absolute Gasteiger partial charge is 0.252 e. The summed E-state index contributed by atoms with van der Waals surface area (Å²) in [5.74, 6) is -0.292. The number of hydrogen-bond donors (Lipinski definition) is 1. The number of amides is 1. The largest absolute Gasteiger partial charge is 0.372 e. The van der Waals surface area contributed by atoms with Crippen molar-refractivity contribution in [1.29, 1.82) is 0 Å². The molecule has 0 radical (unpaired) electrons. The molecular weight excluding hydrogens is 406 g/mol. The third-order valence-electron chi connectivity index (χ3n) is 3.66. The normalized spacial score (nSPS) is 10.4. The second kappa shape index (κ2) is 8.29. The Morgan fingerprint density at radius 3 is 2.70 bits per heavy atom. The highest BCUT2D eigenvalue weighted by Crippen LogP contribution is 2.17. The van der Waals surface area contributed by atoms with Gasteiger partial charge in [0.1, 0.15) is 5.82 Å². The molecule has 1 N–H and O–H groups in total. The molecule has 1 amide bonds. The topological polar surface area (TPSA) is 32.3 Å². The molecule has 0 unspecified atom stereocenters. The van der Waals surface area contributed by atoms with E-state index in [0.29, 0.717) is 24.3 Å². The Balaban J connectivity index is 1.82. The first kappa shape index (κ1) is 17.7. The van der Waals surface area contributed by atoms with Gasteiger partial charge in [-0.25, -0.2) is 4.39 Å². The third kappa shape index (κ3) is 4.67. The first-order valence-corrected chi connectivity index (χ1v) is 8.57. The minimum absolute atomic E-state index is 0.0633. The molecule has 0 spiro atoms. The molecule has 0 aliphatic carbocycles. The van der Waals surface area contributed by atoms with E-state index in [0.717, 1.165) is 15.6 Å². The zero-order valence-corrected chi connectivity index (χ0v) is 15.4. The fourth-order valence-corrected chi connectivity index (χ4v) is 2.92. The number of benzene rings is 2. The Bertz CT molecular complexity index is 690. The first-order valence-electron chi connectivity index (χ1n) is 7.49. The standard InChI is InChI=1S/C18H20FIN2O/c1-13-7-5-8-14(17(13)20)18(23)21-11-6-12-22(2)16-10-4-3-9-15(16)19/h3-5,7-10H,6,11-12H2,1-2H3,(H,21,23). The van der Waals surface area contributed by atoms with Gasteiger partial charge in [-0.2, -0.15) is 0 Å². The van der Waals surface area contributed by atoms with E-state index in [1.54, 1.807) is 12.1 Å². The summed E-state index contributed by atoms with van der Waals surface area (Å²) < 4.78 is 14.6. The Morgan fingerprint density at radius 1 is 1.22 bits per heavy atom. The lowest BCUT2D eigenvalue weighted by Gasteiger charge is -2.19. The van der Waals surface area contributed by atoms with Crippen LogP contribution in [0.2, 0.25) is 0 Å². The van der Waals surface area contributed by atoms with E-state index in [9.17, 15) is 9.18 Å². The maximum Gasteiger partial charge on any atom is 0.252 e. The summed E-state index contributed by atoms with van der Waals surface area (Å²) in [6, 6.07) is 12.4. The molecule has 0 aliphatic heterocycles. The van der Waals surface area contributed by atoms with Gasteiger partial charge in [-0.05, 0) is 59.7 Å². The Labute approximate surface area is 150 Å². The highest BCUT2D eigenvalue weighted by molar-refractivity contribution is 14.1. The van der Waals surface area contributed by atoms with E-state index in [4.69, 9.17) is 0 Å². The minimum Gasteiger partial charge on any atom is -0.372 e. The Hall–Kier alpha value is -1.63. The van der Waals surface area contributed by atoms with Crippen molar-refractivity contribution in [2.24, 2.45) is 0 Å². The molecule has 0 saturated carbocycles. The molecule has 5 heteroatoms. The number of halogens is 2. The van der Waals surface area contributed by atoms with Crippen molar-refractivity contribution in [3.8, 4) is 0 Å². The van der Waals surface area contributed by atoms with Gasteiger partial charge in [0.25, 0.3) is 5.91 Å². The molecule has 0 fully saturated rings. The van der Waals surface area contributed by atoms with Gasteiger partial charge in [-0.1, -0.05) is 24.3 Å². The molecule has 2 rings (SSSR count). The van der Waals surface area contributed by atoms with Crippen LogP contribution >= 0.6 is 22.6 Å². The van der Waals surface area contributed by atoms with Crippen LogP contribution in [0.4, 0.5) is 10.1 Å². The highest BCUT2D eigenvalue weighted by Gasteiger charge is 2.11. The second-order valence-electron chi connectivity index (χ2n) is 5.42. The number of anilines is 1. The lowest BCUT2D eigenvalue weighted by molar-refractivity contribution is 0.0952. The van der Waals surface area contributed by atoms with Crippen LogP contribution < -0.4 is 10.2 Å². The van der Waals surface area contributed by atoms with E-state index in [-0.39, 0.29) is 11.7 Å². The zero-order valence-electron chi connectivity index (χ0n) is 13.3. The molecule has 0 heterocycles. The van der Waals surface area contributed by atoms with Crippen molar-refractivity contribution in [2.75, 3.05) is 25.0 Å². The second-order valence-corrected chi connectivity index (χ2v) is 6.50. The van der Waals surface area contributed by atoms with Crippen LogP contribution in [0.3, 0.4) is 0 Å². The molecule has 2 aromatic carbocycles. The number of carbonyl (C=O) groups is 1. The molecule has 0 bridgehead atoms. The number of carbonyl (C=O) groups excluding carboxylic acids is 1. The van der Waals surface area contributed by atoms with Crippen LogP contribution in [0, 0.1) is 16.3 Å². The number of nitrogens with zero attached hydrogens (tertiary/aromatic N) is 1. The Morgan fingerprint density at radius 2 is 1.96 bits per heavy atom. The van der Waals surface area contributed by atoms with Gasteiger partial charge in [0.05, 0.1) is 11.3 Å². The summed E-state index contributed by atoms with van der Waals surface area (Å²) in [6.45, 7) is 3.22. The SMILES string of the molecule is Cc1cccc(C(=O)NCCCN(C)c2ccccc2F)c1I. The summed E-state index contributed by atoms with van der Waals surface area (Å²) in [7, 11) is 1.85. The summed E-state index contributed by atoms with van der Waals surface area (Å²) in [5, 5.41) is 2.92. The van der Waals surface area contributed by atoms with Crippen LogP contribution in [0.1, 0.15) is 22.3 Å². The van der Waals surface area contributed by atoms with Crippen molar-refractivity contribution in [2.45, 2.75) is 13.3 Å². The number of aryl methyl sites for hydroxylation is 1. The lowest BCUT2D eigenvalue weighted by atomic mass is 10.1. The number of nitrogens with one attached hydrogen (secondary N) is 1. The predicted octanol–water partition coefficient (Wildman–Crippen LogP) is 4.00. The van der Waals surface area contributed by atoms with Crippen LogP contribution in [0.5, 0.6) is 0 Å². The van der Waals surface area contributed by atoms with Gasteiger partial charge >= 0.3 is 0 Å². The van der Waals surface area contributed by atoms with Gasteiger partial charge in [0.2, 0.25) is 0 Å². The van der Waals surface area contributed by atoms with Gasteiger partial charge in [-0.3, -0.25) is 4.79 Å². The van der Waals surface area contributed by atoms with E-state index in [2.05, 4.69) is 27.9 Å². The summed E-state index contributed by atoms with van der Waals surface area (Å²) >= 11 is 2.19. The van der Waals surface area contributed by atoms with Gasteiger partial charge in [-0.15, -0.1) is 0 Å². The van der Waals surface area contributed by atoms with Crippen LogP contribution in [0.15, 0.2) is 42.5 Å². The molecule has 0 atom stereocenters. The van der Waals surface area contributed by atoms with Gasteiger partial charge < -0.3 is 10.2 Å². The molecule has 2 aromatic rings. The van der Waals surface area contributed by atoms with Crippen molar-refractivity contribution in [1.82, 2.24) is 5.32 Å². The van der Waals surface area contributed by atoms with Crippen molar-refractivity contribution < 1.29 is 9.18 Å². The first-order chi connectivity index (χ1) is 11.0. The van der Waals surface area contributed by atoms with Crippen LogP contribution in [0.25, 0.3) is 0 Å². The van der Waals surface area contributed by atoms with Crippen molar-refractivity contribution in [3.63, 3.8) is 0 Å². The quantitative estimate of drug-likeness (QED) is 0.560. The summed E-state index contributed by atoms with van der Waals surface area (Å²) in [4.78, 5) is 14.1. The molecular formula is C18H20FIN2O. The molecule has 122 valence electrons. The monoisotopic (exact) mass is 426 g/mol. The fourth-order valence-electron chi connectivity index (χ4n) is 2.32. The molecule has 23 heavy (non-hydrogen) atoms. The summed E-state index contributed by atoms with van der Waals surface area (Å²) in [6.07, 6.45) is 0.749. The fraction of sp³-hybridized carbons (Fsp3) is 0.278. The van der Waals surface area contributed by atoms with Crippen LogP contribution in [-0.2, 0) is 0 Å². The Kier molecular flexibility index (Phi) is 6.38. The summed E-state index contributed by atoms with van der Waals surface area (Å²) in [5.41, 5.74) is 2.37. The average Bonchev–Trinajstić information content (AvgIpc) is 2.54. The van der Waals surface area contributed by atoms with Crippen LogP contribution in [-0.4, -0.2) is 26.0 Å². The van der Waals surface area contributed by atoms with E-state index in [1.807, 2.05) is 43.1 Å². The maximum atomic E-state index is 13.7. The highest BCUT2D eigenvalue weighted by atomic mass is 127. The maximum absolute atomic E-state index is 13.7. The molecule has 0 aromatic heterocycles. The van der Waals surface area contributed by atoms with E-state index >= 15 is 0 Å². The van der Waals surface area contributed by atoms with Gasteiger partial charge in [0, 0.05) is 23.7 Å². The molecule has 0 aliphatic rings. The van der Waals surface area contributed by atoms with E-state index in [1.165, 1.54) is 6.07 Å². The molecule has 0 saturated heterocycles.